The van der Waals surface area contributed by atoms with E-state index in [-0.39, 0.29) is 18.7 Å². The second-order valence-electron chi connectivity index (χ2n) is 6.95. The van der Waals surface area contributed by atoms with E-state index in [1.165, 1.54) is 0 Å². The largest absolute Gasteiger partial charge is 0.382 e. The topological polar surface area (TPSA) is 146 Å². The van der Waals surface area contributed by atoms with Gasteiger partial charge in [0.05, 0.1) is 99.1 Å². The third-order valence-electron chi connectivity index (χ3n) is 4.06. The Morgan fingerprint density at radius 2 is 0.912 bits per heavy atom. The SMILES string of the molecule is COCCOCCOCCOCCOCCOCCOCCOCCNC(=O)CCCC(N)=O. The first kappa shape index (κ1) is 32.6. The zero-order chi connectivity index (χ0) is 25.0. The first-order valence-corrected chi connectivity index (χ1v) is 11.7. The van der Waals surface area contributed by atoms with E-state index in [9.17, 15) is 9.59 Å². The number of rotatable bonds is 28. The molecular formula is C22H44N2O10. The number of methoxy groups -OCH3 is 1. The van der Waals surface area contributed by atoms with Gasteiger partial charge in [-0.15, -0.1) is 0 Å². The smallest absolute Gasteiger partial charge is 0.220 e. The summed E-state index contributed by atoms with van der Waals surface area (Å²) in [4.78, 5) is 22.1. The van der Waals surface area contributed by atoms with Crippen molar-refractivity contribution in [3.8, 4) is 0 Å². The van der Waals surface area contributed by atoms with Crippen LogP contribution in [0.25, 0.3) is 0 Å². The van der Waals surface area contributed by atoms with E-state index in [0.29, 0.717) is 112 Å². The second-order valence-corrected chi connectivity index (χ2v) is 6.95. The zero-order valence-corrected chi connectivity index (χ0v) is 20.6. The molecule has 0 heterocycles. The Morgan fingerprint density at radius 3 is 1.26 bits per heavy atom. The number of carbonyl (C=O) groups is 2. The maximum Gasteiger partial charge on any atom is 0.220 e. The Labute approximate surface area is 203 Å². The van der Waals surface area contributed by atoms with E-state index in [0.717, 1.165) is 0 Å². The van der Waals surface area contributed by atoms with Crippen LogP contribution in [0.3, 0.4) is 0 Å². The van der Waals surface area contributed by atoms with Crippen molar-refractivity contribution < 1.29 is 47.5 Å². The number of hydrogen-bond acceptors (Lipinski definition) is 10. The third kappa shape index (κ3) is 28.7. The van der Waals surface area contributed by atoms with Gasteiger partial charge in [-0.25, -0.2) is 0 Å². The van der Waals surface area contributed by atoms with Crippen LogP contribution < -0.4 is 11.1 Å². The Hall–Kier alpha value is -1.38. The first-order valence-electron chi connectivity index (χ1n) is 11.7. The zero-order valence-electron chi connectivity index (χ0n) is 20.6. The van der Waals surface area contributed by atoms with Crippen LogP contribution in [0.15, 0.2) is 0 Å². The highest BCUT2D eigenvalue weighted by molar-refractivity contribution is 5.77. The molecule has 0 aliphatic heterocycles. The number of primary amides is 1. The molecule has 0 aromatic carbocycles. The summed E-state index contributed by atoms with van der Waals surface area (Å²) in [5.74, 6) is -0.512. The summed E-state index contributed by atoms with van der Waals surface area (Å²) in [6.07, 6.45) is 0.965. The fourth-order valence-electron chi connectivity index (χ4n) is 2.34. The molecule has 0 unspecified atom stereocenters. The van der Waals surface area contributed by atoms with Crippen LogP contribution in [0.2, 0.25) is 0 Å². The molecule has 12 nitrogen and oxygen atoms in total. The molecule has 0 atom stereocenters. The average molecular weight is 497 g/mol. The molecule has 0 aliphatic carbocycles. The molecule has 34 heavy (non-hydrogen) atoms. The molecule has 0 aromatic rings. The number of ether oxygens (including phenoxy) is 8. The molecule has 12 heteroatoms. The lowest BCUT2D eigenvalue weighted by Crippen LogP contribution is -2.27. The molecule has 0 radical (unpaired) electrons. The van der Waals surface area contributed by atoms with Crippen molar-refractivity contribution in [3.63, 3.8) is 0 Å². The van der Waals surface area contributed by atoms with Crippen molar-refractivity contribution in [2.45, 2.75) is 19.3 Å². The summed E-state index contributed by atoms with van der Waals surface area (Å²) in [5, 5.41) is 2.71. The molecule has 0 fully saturated rings. The normalized spacial score (nSPS) is 11.1. The van der Waals surface area contributed by atoms with Gasteiger partial charge in [0.2, 0.25) is 11.8 Å². The first-order chi connectivity index (χ1) is 16.7. The van der Waals surface area contributed by atoms with Crippen LogP contribution in [0, 0.1) is 0 Å². The average Bonchev–Trinajstić information content (AvgIpc) is 2.81. The van der Waals surface area contributed by atoms with Crippen LogP contribution in [-0.4, -0.2) is 125 Å². The fourth-order valence-corrected chi connectivity index (χ4v) is 2.34. The van der Waals surface area contributed by atoms with Gasteiger partial charge < -0.3 is 48.9 Å². The van der Waals surface area contributed by atoms with Crippen LogP contribution in [0.4, 0.5) is 0 Å². The third-order valence-corrected chi connectivity index (χ3v) is 4.06. The minimum Gasteiger partial charge on any atom is -0.382 e. The van der Waals surface area contributed by atoms with Crippen LogP contribution in [-0.2, 0) is 47.5 Å². The highest BCUT2D eigenvalue weighted by atomic mass is 16.6. The predicted molar refractivity (Wildman–Crippen MR) is 124 cm³/mol. The van der Waals surface area contributed by atoms with Gasteiger partial charge in [0, 0.05) is 26.5 Å². The maximum atomic E-state index is 11.5. The van der Waals surface area contributed by atoms with Gasteiger partial charge in [0.1, 0.15) is 0 Å². The quantitative estimate of drug-likeness (QED) is 0.136. The second kappa shape index (κ2) is 27.9. The molecule has 0 rings (SSSR count). The number of nitrogens with one attached hydrogen (secondary N) is 1. The Balaban J connectivity index is 3.09. The molecule has 0 aromatic heterocycles. The lowest BCUT2D eigenvalue weighted by Gasteiger charge is -2.09. The van der Waals surface area contributed by atoms with E-state index in [2.05, 4.69) is 5.32 Å². The lowest BCUT2D eigenvalue weighted by atomic mass is 10.2. The van der Waals surface area contributed by atoms with Gasteiger partial charge in [-0.3, -0.25) is 9.59 Å². The van der Waals surface area contributed by atoms with Crippen molar-refractivity contribution >= 4 is 11.8 Å². The van der Waals surface area contributed by atoms with Crippen molar-refractivity contribution in [2.75, 3.05) is 113 Å². The molecule has 3 N–H and O–H groups in total. The van der Waals surface area contributed by atoms with Gasteiger partial charge in [-0.1, -0.05) is 0 Å². The number of amides is 2. The highest BCUT2D eigenvalue weighted by Crippen LogP contribution is 1.93. The predicted octanol–water partition coefficient (Wildman–Crippen LogP) is -0.479. The van der Waals surface area contributed by atoms with Crippen molar-refractivity contribution in [3.05, 3.63) is 0 Å². The summed E-state index contributed by atoms with van der Waals surface area (Å²) < 4.78 is 42.5. The van der Waals surface area contributed by atoms with E-state index >= 15 is 0 Å². The monoisotopic (exact) mass is 496 g/mol. The molecule has 202 valence electrons. The molecule has 2 amide bonds. The minimum atomic E-state index is -0.398. The van der Waals surface area contributed by atoms with E-state index in [1.54, 1.807) is 7.11 Å². The molecule has 0 saturated carbocycles. The van der Waals surface area contributed by atoms with Crippen molar-refractivity contribution in [1.29, 1.82) is 0 Å². The lowest BCUT2D eigenvalue weighted by molar-refractivity contribution is -0.121. The van der Waals surface area contributed by atoms with E-state index in [1.807, 2.05) is 0 Å². The summed E-state index contributed by atoms with van der Waals surface area (Å²) in [6, 6.07) is 0. The maximum absolute atomic E-state index is 11.5. The molecule has 0 spiro atoms. The van der Waals surface area contributed by atoms with Gasteiger partial charge in [-0.2, -0.15) is 0 Å². The molecule has 0 saturated heterocycles. The highest BCUT2D eigenvalue weighted by Gasteiger charge is 2.02. The summed E-state index contributed by atoms with van der Waals surface area (Å²) in [7, 11) is 1.64. The summed E-state index contributed by atoms with van der Waals surface area (Å²) >= 11 is 0. The molecular weight excluding hydrogens is 452 g/mol. The van der Waals surface area contributed by atoms with Crippen LogP contribution in [0.5, 0.6) is 0 Å². The Bertz CT molecular complexity index is 457. The summed E-state index contributed by atoms with van der Waals surface area (Å²) in [6.45, 7) is 7.97. The van der Waals surface area contributed by atoms with Crippen molar-refractivity contribution in [2.24, 2.45) is 5.73 Å². The molecule has 0 aliphatic rings. The van der Waals surface area contributed by atoms with Crippen LogP contribution >= 0.6 is 0 Å². The van der Waals surface area contributed by atoms with Crippen LogP contribution in [0.1, 0.15) is 19.3 Å². The van der Waals surface area contributed by atoms with E-state index in [4.69, 9.17) is 43.6 Å². The Kier molecular flexibility index (Phi) is 26.7. The van der Waals surface area contributed by atoms with E-state index < -0.39 is 5.91 Å². The minimum absolute atomic E-state index is 0.115. The van der Waals surface area contributed by atoms with Gasteiger partial charge in [-0.05, 0) is 6.42 Å². The Morgan fingerprint density at radius 1 is 0.559 bits per heavy atom. The standard InChI is InChI=1S/C22H44N2O10/c1-27-7-8-29-11-12-31-15-16-33-19-20-34-18-17-32-14-13-30-10-9-28-6-5-24-22(26)4-2-3-21(23)25/h2-20H2,1H3,(H2,23,25)(H,24,26). The van der Waals surface area contributed by atoms with Gasteiger partial charge in [0.25, 0.3) is 0 Å². The van der Waals surface area contributed by atoms with Crippen molar-refractivity contribution in [1.82, 2.24) is 5.32 Å². The number of hydrogen-bond donors (Lipinski definition) is 2. The van der Waals surface area contributed by atoms with Gasteiger partial charge in [0.15, 0.2) is 0 Å². The van der Waals surface area contributed by atoms with Gasteiger partial charge >= 0.3 is 0 Å². The number of nitrogens with two attached hydrogens (primary N) is 1. The summed E-state index contributed by atoms with van der Waals surface area (Å²) in [5.41, 5.74) is 5.02. The fraction of sp³-hybridized carbons (Fsp3) is 0.909. The number of carbonyl (C=O) groups excluding carboxylic acids is 2. The molecule has 0 bridgehead atoms.